The van der Waals surface area contributed by atoms with Crippen LogP contribution in [0.5, 0.6) is 0 Å². The molecule has 0 saturated heterocycles. The van der Waals surface area contributed by atoms with Gasteiger partial charge in [0.25, 0.3) is 0 Å². The molecule has 170 valence electrons. The molecule has 3 aromatic heterocycles. The van der Waals surface area contributed by atoms with E-state index >= 15 is 0 Å². The largest absolute Gasteiger partial charge is 0.378 e. The van der Waals surface area contributed by atoms with Gasteiger partial charge in [0.2, 0.25) is 0 Å². The van der Waals surface area contributed by atoms with Crippen molar-refractivity contribution in [1.82, 2.24) is 15.0 Å². The van der Waals surface area contributed by atoms with E-state index in [1.165, 1.54) is 18.2 Å². The lowest BCUT2D eigenvalue weighted by Crippen LogP contribution is -2.07. The van der Waals surface area contributed by atoms with Crippen molar-refractivity contribution >= 4 is 53.3 Å². The number of pyridine rings is 3. The third kappa shape index (κ3) is 5.08. The molecule has 1 atom stereocenters. The van der Waals surface area contributed by atoms with Crippen LogP contribution < -0.4 is 10.8 Å². The highest BCUT2D eigenvalue weighted by Crippen LogP contribution is 2.35. The first-order valence-electron chi connectivity index (χ1n) is 10.3. The number of hydrogen-bond donors (Lipinski definition) is 1. The summed E-state index contributed by atoms with van der Waals surface area (Å²) < 4.78 is 28.7. The fourth-order valence-electron chi connectivity index (χ4n) is 3.44. The standard InChI is InChI=1S/C24H21Cl2F2N4P/c1-4-33(3)20-6-5-15(12-29-20)22-18(28)10-19-23(32-22)24(21(26)13(2)31-19)30-11-14-7-16(25)9-17(27)8-14/h5-10,12H,4,11H2,1-3H3,(H,30,31). The average Bonchev–Trinajstić information content (AvgIpc) is 2.78. The summed E-state index contributed by atoms with van der Waals surface area (Å²) in [7, 11) is -0.335. The number of aryl methyl sites for hydroxylation is 1. The van der Waals surface area contributed by atoms with E-state index in [0.717, 1.165) is 11.6 Å². The van der Waals surface area contributed by atoms with Crippen LogP contribution in [0.4, 0.5) is 14.5 Å². The van der Waals surface area contributed by atoms with Gasteiger partial charge in [-0.2, -0.15) is 0 Å². The summed E-state index contributed by atoms with van der Waals surface area (Å²) in [6.07, 6.45) is 2.67. The molecule has 0 aliphatic rings. The fraction of sp³-hybridized carbons (Fsp3) is 0.208. The van der Waals surface area contributed by atoms with Crippen LogP contribution in [-0.2, 0) is 6.54 Å². The Bertz CT molecular complexity index is 1310. The third-order valence-electron chi connectivity index (χ3n) is 5.30. The van der Waals surface area contributed by atoms with Gasteiger partial charge < -0.3 is 5.32 Å². The van der Waals surface area contributed by atoms with Crippen LogP contribution in [0, 0.1) is 18.6 Å². The maximum atomic E-state index is 15.0. The first-order valence-corrected chi connectivity index (χ1v) is 13.0. The monoisotopic (exact) mass is 504 g/mol. The Morgan fingerprint density at radius 3 is 2.52 bits per heavy atom. The van der Waals surface area contributed by atoms with E-state index in [2.05, 4.69) is 33.9 Å². The SMILES string of the molecule is CCP(C)c1ccc(-c2nc3c(NCc4cc(F)cc(Cl)c4)c(Cl)c(C)nc3cc2F)cn1. The summed E-state index contributed by atoms with van der Waals surface area (Å²) in [6, 6.07) is 9.38. The summed E-state index contributed by atoms with van der Waals surface area (Å²) in [5.41, 5.74) is 4.18. The van der Waals surface area contributed by atoms with Crippen molar-refractivity contribution in [2.24, 2.45) is 0 Å². The highest BCUT2D eigenvalue weighted by molar-refractivity contribution is 7.64. The molecule has 0 radical (unpaired) electrons. The van der Waals surface area contributed by atoms with Crippen molar-refractivity contribution in [2.75, 3.05) is 18.1 Å². The number of anilines is 1. The molecule has 9 heteroatoms. The van der Waals surface area contributed by atoms with E-state index in [-0.39, 0.29) is 20.2 Å². The van der Waals surface area contributed by atoms with Crippen molar-refractivity contribution in [3.63, 3.8) is 0 Å². The summed E-state index contributed by atoms with van der Waals surface area (Å²) in [5, 5.41) is 3.86. The Hall–Kier alpha value is -2.40. The Kier molecular flexibility index (Phi) is 7.08. The second kappa shape index (κ2) is 9.84. The number of fused-ring (bicyclic) bond motifs is 1. The summed E-state index contributed by atoms with van der Waals surface area (Å²) in [4.78, 5) is 13.5. The van der Waals surface area contributed by atoms with Crippen LogP contribution in [0.25, 0.3) is 22.3 Å². The highest BCUT2D eigenvalue weighted by Gasteiger charge is 2.18. The summed E-state index contributed by atoms with van der Waals surface area (Å²) in [6.45, 7) is 6.26. The van der Waals surface area contributed by atoms with Crippen LogP contribution in [0.3, 0.4) is 0 Å². The van der Waals surface area contributed by atoms with Crippen molar-refractivity contribution in [3.8, 4) is 11.3 Å². The number of hydrogen-bond acceptors (Lipinski definition) is 4. The van der Waals surface area contributed by atoms with Gasteiger partial charge in [-0.3, -0.25) is 4.98 Å². The molecular formula is C24H21Cl2F2N4P. The molecule has 0 spiro atoms. The summed E-state index contributed by atoms with van der Waals surface area (Å²) in [5.74, 6) is -0.929. The molecule has 3 heterocycles. The first-order chi connectivity index (χ1) is 15.8. The molecule has 0 saturated carbocycles. The number of benzene rings is 1. The van der Waals surface area contributed by atoms with Crippen LogP contribution in [-0.4, -0.2) is 27.8 Å². The highest BCUT2D eigenvalue weighted by atomic mass is 35.5. The van der Waals surface area contributed by atoms with Gasteiger partial charge in [-0.05, 0) is 55.6 Å². The summed E-state index contributed by atoms with van der Waals surface area (Å²) >= 11 is 12.5. The maximum Gasteiger partial charge on any atom is 0.151 e. The predicted molar refractivity (Wildman–Crippen MR) is 134 cm³/mol. The van der Waals surface area contributed by atoms with Gasteiger partial charge in [-0.25, -0.2) is 18.7 Å². The maximum absolute atomic E-state index is 15.0. The molecule has 4 nitrogen and oxygen atoms in total. The minimum absolute atomic E-state index is 0.164. The van der Waals surface area contributed by atoms with Crippen molar-refractivity contribution in [1.29, 1.82) is 0 Å². The second-order valence-corrected chi connectivity index (χ2v) is 10.9. The number of nitrogens with one attached hydrogen (secondary N) is 1. The fourth-order valence-corrected chi connectivity index (χ4v) is 4.80. The van der Waals surface area contributed by atoms with Crippen LogP contribution >= 0.6 is 31.1 Å². The molecule has 4 rings (SSSR count). The first kappa shape index (κ1) is 23.7. The van der Waals surface area contributed by atoms with E-state index in [9.17, 15) is 8.78 Å². The Morgan fingerprint density at radius 2 is 1.85 bits per heavy atom. The van der Waals surface area contributed by atoms with E-state index < -0.39 is 11.6 Å². The number of rotatable bonds is 6. The zero-order chi connectivity index (χ0) is 23.7. The zero-order valence-electron chi connectivity index (χ0n) is 18.3. The van der Waals surface area contributed by atoms with Gasteiger partial charge >= 0.3 is 0 Å². The zero-order valence-corrected chi connectivity index (χ0v) is 20.7. The molecule has 0 amide bonds. The molecule has 4 aromatic rings. The Morgan fingerprint density at radius 1 is 1.06 bits per heavy atom. The van der Waals surface area contributed by atoms with Gasteiger partial charge in [0.1, 0.15) is 17.0 Å². The molecule has 1 aromatic carbocycles. The normalized spacial score (nSPS) is 12.2. The smallest absolute Gasteiger partial charge is 0.151 e. The average molecular weight is 505 g/mol. The predicted octanol–water partition coefficient (Wildman–Crippen LogP) is 6.95. The molecule has 1 N–H and O–H groups in total. The second-order valence-electron chi connectivity index (χ2n) is 7.62. The third-order valence-corrected chi connectivity index (χ3v) is 7.97. The Balaban J connectivity index is 1.77. The molecule has 33 heavy (non-hydrogen) atoms. The molecule has 0 aliphatic heterocycles. The van der Waals surface area contributed by atoms with Crippen molar-refractivity contribution < 1.29 is 8.78 Å². The van der Waals surface area contributed by atoms with Crippen LogP contribution in [0.2, 0.25) is 10.0 Å². The van der Waals surface area contributed by atoms with Crippen molar-refractivity contribution in [3.05, 3.63) is 75.5 Å². The molecule has 0 bridgehead atoms. The minimum Gasteiger partial charge on any atom is -0.378 e. The number of aromatic nitrogens is 3. The van der Waals surface area contributed by atoms with Crippen molar-refractivity contribution in [2.45, 2.75) is 20.4 Å². The lowest BCUT2D eigenvalue weighted by atomic mass is 10.1. The van der Waals surface area contributed by atoms with E-state index in [0.29, 0.717) is 43.6 Å². The molecule has 0 fully saturated rings. The molecule has 1 unspecified atom stereocenters. The quantitative estimate of drug-likeness (QED) is 0.288. The molecule has 0 aliphatic carbocycles. The van der Waals surface area contributed by atoms with Gasteiger partial charge in [0.15, 0.2) is 5.82 Å². The number of nitrogens with zero attached hydrogens (tertiary/aromatic N) is 3. The lowest BCUT2D eigenvalue weighted by molar-refractivity contribution is 0.625. The van der Waals surface area contributed by atoms with Gasteiger partial charge in [-0.15, -0.1) is 0 Å². The van der Waals surface area contributed by atoms with Gasteiger partial charge in [0, 0.05) is 29.4 Å². The van der Waals surface area contributed by atoms with Crippen LogP contribution in [0.1, 0.15) is 18.2 Å². The van der Waals surface area contributed by atoms with Gasteiger partial charge in [0.05, 0.1) is 27.4 Å². The van der Waals surface area contributed by atoms with Crippen LogP contribution in [0.15, 0.2) is 42.6 Å². The minimum atomic E-state index is -0.497. The van der Waals surface area contributed by atoms with E-state index in [1.54, 1.807) is 19.2 Å². The topological polar surface area (TPSA) is 50.7 Å². The number of halogens is 4. The van der Waals surface area contributed by atoms with E-state index in [1.807, 2.05) is 12.1 Å². The molecular weight excluding hydrogens is 484 g/mol. The van der Waals surface area contributed by atoms with E-state index in [4.69, 9.17) is 23.2 Å². The van der Waals surface area contributed by atoms with Gasteiger partial charge in [-0.1, -0.05) is 38.0 Å². The lowest BCUT2D eigenvalue weighted by Gasteiger charge is -2.15. The Labute approximate surface area is 202 Å².